The molecule has 0 unspecified atom stereocenters. The normalized spacial score (nSPS) is 7.94. The Kier molecular flexibility index (Phi) is 9.20. The van der Waals surface area contributed by atoms with Crippen molar-refractivity contribution in [1.29, 1.82) is 0 Å². The fraction of sp³-hybridized carbons (Fsp3) is 0.0769. The summed E-state index contributed by atoms with van der Waals surface area (Å²) in [7, 11) is 0. The Bertz CT molecular complexity index is 311. The van der Waals surface area contributed by atoms with Gasteiger partial charge in [0, 0.05) is 0 Å². The second-order valence-corrected chi connectivity index (χ2v) is 2.63. The van der Waals surface area contributed by atoms with Crippen LogP contribution in [0.15, 0.2) is 60.7 Å². The fourth-order valence-corrected chi connectivity index (χ4v) is 0.841. The molecule has 0 saturated carbocycles. The van der Waals surface area contributed by atoms with E-state index in [1.165, 1.54) is 24.3 Å². The van der Waals surface area contributed by atoms with Gasteiger partial charge >= 0.3 is 22.1 Å². The van der Waals surface area contributed by atoms with E-state index in [-0.39, 0.29) is 11.5 Å². The van der Waals surface area contributed by atoms with Gasteiger partial charge in [-0.1, -0.05) is 60.7 Å². The summed E-state index contributed by atoms with van der Waals surface area (Å²) < 4.78 is 0. The summed E-state index contributed by atoms with van der Waals surface area (Å²) in [4.78, 5) is 0. The maximum Gasteiger partial charge on any atom is -0.0623 e. The number of rotatable bonds is 0. The Balaban J connectivity index is 0.000000244. The van der Waals surface area contributed by atoms with Crippen molar-refractivity contribution < 1.29 is 10.2 Å². The Labute approximate surface area is 105 Å². The molecule has 3 heteroatoms. The minimum absolute atomic E-state index is 0.0718. The van der Waals surface area contributed by atoms with Crippen LogP contribution in [0.4, 0.5) is 0 Å². The number of para-hydroxylation sites is 2. The summed E-state index contributed by atoms with van der Waals surface area (Å²) in [6.45, 7) is 0. The summed E-state index contributed by atoms with van der Waals surface area (Å²) >= 11 is 2.42. The van der Waals surface area contributed by atoms with Crippen molar-refractivity contribution >= 4 is 16.3 Å². The smallest absolute Gasteiger partial charge is 0.0623 e. The molecule has 0 atom stereocenters. The van der Waals surface area contributed by atoms with Crippen LogP contribution >= 0.6 is 0 Å². The van der Waals surface area contributed by atoms with Crippen LogP contribution in [0.5, 0.6) is 11.5 Å². The van der Waals surface area contributed by atoms with Gasteiger partial charge in [-0.3, -0.25) is 0 Å². The first-order chi connectivity index (χ1) is 7.79. The molecule has 0 bridgehead atoms. The van der Waals surface area contributed by atoms with Gasteiger partial charge in [0.15, 0.2) is 0 Å². The molecule has 0 fully saturated rings. The second-order valence-electron chi connectivity index (χ2n) is 2.63. The zero-order valence-electron chi connectivity index (χ0n) is 9.17. The second kappa shape index (κ2) is 10.1. The van der Waals surface area contributed by atoms with Crippen LogP contribution in [-0.4, -0.2) is 16.3 Å². The standard InChI is InChI=1S/2C6H6O.CH3.Al/c2*7-6-4-2-1-3-5-6;;/h2*1-5,7H;1H3;/q;;;+2/p-2. The quantitative estimate of drug-likeness (QED) is 0.644. The number of hydrogen-bond acceptors (Lipinski definition) is 2. The van der Waals surface area contributed by atoms with Crippen molar-refractivity contribution in [2.45, 2.75) is 5.79 Å². The molecule has 0 aliphatic heterocycles. The minimum Gasteiger partial charge on any atom is -0.872 e. The molecule has 0 aliphatic carbocycles. The molecule has 0 radical (unpaired) electrons. The van der Waals surface area contributed by atoms with Gasteiger partial charge in [0.1, 0.15) is 0 Å². The van der Waals surface area contributed by atoms with E-state index >= 15 is 0 Å². The number of benzene rings is 2. The van der Waals surface area contributed by atoms with Gasteiger partial charge in [0.25, 0.3) is 0 Å². The third-order valence-electron chi connectivity index (χ3n) is 1.49. The predicted octanol–water partition coefficient (Wildman–Crippen LogP) is 1.72. The molecule has 0 saturated heterocycles. The average molecular weight is 228 g/mol. The predicted molar refractivity (Wildman–Crippen MR) is 63.4 cm³/mol. The van der Waals surface area contributed by atoms with Crippen molar-refractivity contribution in [2.24, 2.45) is 0 Å². The number of hydrogen-bond donors (Lipinski definition) is 0. The topological polar surface area (TPSA) is 46.1 Å². The van der Waals surface area contributed by atoms with Crippen LogP contribution in [0.2, 0.25) is 5.79 Å². The molecule has 2 nitrogen and oxygen atoms in total. The molecule has 0 aliphatic rings. The SMILES string of the molecule is [CH3][Al+2].[O-]c1ccccc1.[O-]c1ccccc1. The van der Waals surface area contributed by atoms with Crippen molar-refractivity contribution in [2.75, 3.05) is 0 Å². The van der Waals surface area contributed by atoms with Gasteiger partial charge in [-0.15, -0.1) is 11.5 Å². The Morgan fingerprint density at radius 2 is 0.875 bits per heavy atom. The Morgan fingerprint density at radius 1 is 0.625 bits per heavy atom. The third-order valence-corrected chi connectivity index (χ3v) is 1.49. The van der Waals surface area contributed by atoms with Crippen LogP contribution in [0.25, 0.3) is 0 Å². The molecule has 0 spiro atoms. The van der Waals surface area contributed by atoms with Crippen molar-refractivity contribution in [3.8, 4) is 11.5 Å². The van der Waals surface area contributed by atoms with Crippen molar-refractivity contribution in [3.05, 3.63) is 60.7 Å². The van der Waals surface area contributed by atoms with E-state index in [1.807, 2.05) is 17.9 Å². The van der Waals surface area contributed by atoms with E-state index in [4.69, 9.17) is 0 Å². The van der Waals surface area contributed by atoms with E-state index in [2.05, 4.69) is 16.3 Å². The molecule has 0 amide bonds. The average Bonchev–Trinajstić information content (AvgIpc) is 2.34. The molecule has 0 aromatic heterocycles. The molecule has 0 heterocycles. The summed E-state index contributed by atoms with van der Waals surface area (Å²) in [5, 5.41) is 20.5. The van der Waals surface area contributed by atoms with Gasteiger partial charge in [0.05, 0.1) is 0 Å². The minimum atomic E-state index is 0.0718. The van der Waals surface area contributed by atoms with E-state index < -0.39 is 0 Å². The Morgan fingerprint density at radius 3 is 1.00 bits per heavy atom. The molecular weight excluding hydrogens is 215 g/mol. The first kappa shape index (κ1) is 14.6. The maximum atomic E-state index is 10.3. The first-order valence-corrected chi connectivity index (χ1v) is 5.96. The van der Waals surface area contributed by atoms with Gasteiger partial charge in [0.2, 0.25) is 0 Å². The monoisotopic (exact) mass is 228 g/mol. The van der Waals surface area contributed by atoms with E-state index in [0.717, 1.165) is 0 Å². The largest absolute Gasteiger partial charge is 0.872 e. The molecule has 16 heavy (non-hydrogen) atoms. The van der Waals surface area contributed by atoms with E-state index in [0.29, 0.717) is 0 Å². The van der Waals surface area contributed by atoms with Crippen LogP contribution < -0.4 is 10.2 Å². The summed E-state index contributed by atoms with van der Waals surface area (Å²) in [6, 6.07) is 16.7. The van der Waals surface area contributed by atoms with Crippen LogP contribution in [0.1, 0.15) is 0 Å². The van der Waals surface area contributed by atoms with Crippen LogP contribution in [0, 0.1) is 0 Å². The summed E-state index contributed by atoms with van der Waals surface area (Å²) in [5.41, 5.74) is 0. The molecule has 80 valence electrons. The molecule has 2 rings (SSSR count). The molecule has 2 aromatic carbocycles. The molecular formula is C13H13AlO2. The van der Waals surface area contributed by atoms with Crippen molar-refractivity contribution in [3.63, 3.8) is 0 Å². The third kappa shape index (κ3) is 7.93. The van der Waals surface area contributed by atoms with Crippen molar-refractivity contribution in [1.82, 2.24) is 0 Å². The first-order valence-electron chi connectivity index (χ1n) is 4.81. The van der Waals surface area contributed by atoms with E-state index in [1.54, 1.807) is 24.3 Å². The molecule has 2 aromatic rings. The van der Waals surface area contributed by atoms with Gasteiger partial charge in [-0.05, 0) is 0 Å². The van der Waals surface area contributed by atoms with Crippen LogP contribution in [-0.2, 0) is 0 Å². The van der Waals surface area contributed by atoms with Gasteiger partial charge in [-0.2, -0.15) is 0 Å². The zero-order valence-corrected chi connectivity index (χ0v) is 10.3. The van der Waals surface area contributed by atoms with Gasteiger partial charge < -0.3 is 10.2 Å². The van der Waals surface area contributed by atoms with Crippen LogP contribution in [0.3, 0.4) is 0 Å². The van der Waals surface area contributed by atoms with Gasteiger partial charge in [-0.25, -0.2) is 0 Å². The Hall–Kier alpha value is -1.43. The maximum absolute atomic E-state index is 10.3. The molecule has 0 N–H and O–H groups in total. The van der Waals surface area contributed by atoms with E-state index in [9.17, 15) is 10.2 Å². The zero-order chi connectivity index (χ0) is 12.2. The summed E-state index contributed by atoms with van der Waals surface area (Å²) in [5.74, 6) is 2.06. The summed E-state index contributed by atoms with van der Waals surface area (Å²) in [6.07, 6.45) is 0. The fourth-order valence-electron chi connectivity index (χ4n) is 0.841.